The molecule has 0 unspecified atom stereocenters. The number of hydrogen-bond donors (Lipinski definition) is 0. The number of nitrogens with zero attached hydrogens (tertiary/aromatic N) is 3. The third kappa shape index (κ3) is 3.82. The smallest absolute Gasteiger partial charge is 0.261 e. The predicted octanol–water partition coefficient (Wildman–Crippen LogP) is 5.11. The lowest BCUT2D eigenvalue weighted by Crippen LogP contribution is -2.31. The molecule has 1 aromatic heterocycles. The molecular weight excluding hydrogens is 413 g/mol. The third-order valence-electron chi connectivity index (χ3n) is 5.01. The van der Waals surface area contributed by atoms with E-state index in [4.69, 9.17) is 32.5 Å². The lowest BCUT2D eigenvalue weighted by Gasteiger charge is -2.22. The van der Waals surface area contributed by atoms with Gasteiger partial charge in [0.05, 0.1) is 23.7 Å². The molecule has 1 aliphatic heterocycles. The van der Waals surface area contributed by atoms with E-state index >= 15 is 0 Å². The number of amides is 1. The van der Waals surface area contributed by atoms with Crippen molar-refractivity contribution in [1.82, 2.24) is 15.0 Å². The van der Waals surface area contributed by atoms with Crippen LogP contribution < -0.4 is 4.74 Å². The Labute approximate surface area is 178 Å². The van der Waals surface area contributed by atoms with Crippen molar-refractivity contribution in [3.8, 4) is 17.2 Å². The van der Waals surface area contributed by atoms with Crippen molar-refractivity contribution in [2.24, 2.45) is 0 Å². The second kappa shape index (κ2) is 8.43. The Morgan fingerprint density at radius 3 is 2.79 bits per heavy atom. The first-order valence-corrected chi connectivity index (χ1v) is 10.2. The number of likely N-dealkylation sites (tertiary alicyclic amines) is 1. The zero-order valence-corrected chi connectivity index (χ0v) is 17.3. The number of methoxy groups -OCH3 is 1. The minimum atomic E-state index is -0.238. The first-order valence-electron chi connectivity index (χ1n) is 9.24. The molecule has 1 amide bonds. The summed E-state index contributed by atoms with van der Waals surface area (Å²) in [7, 11) is 1.54. The summed E-state index contributed by atoms with van der Waals surface area (Å²) in [5.41, 5.74) is 2.21. The van der Waals surface area contributed by atoms with Crippen molar-refractivity contribution in [3.05, 3.63) is 64.4 Å². The van der Waals surface area contributed by atoms with Gasteiger partial charge in [-0.3, -0.25) is 4.79 Å². The quantitative estimate of drug-likeness (QED) is 0.524. The number of ether oxygens (including phenoxy) is 1. The highest BCUT2D eigenvalue weighted by atomic mass is 35.5. The minimum Gasteiger partial charge on any atom is -0.494 e. The summed E-state index contributed by atoms with van der Waals surface area (Å²) < 4.78 is 10.8. The van der Waals surface area contributed by atoms with Gasteiger partial charge < -0.3 is 14.2 Å². The molecule has 2 aromatic carbocycles. The zero-order chi connectivity index (χ0) is 20.4. The molecule has 0 aliphatic carbocycles. The van der Waals surface area contributed by atoms with Crippen molar-refractivity contribution >= 4 is 29.1 Å². The van der Waals surface area contributed by atoms with Gasteiger partial charge in [-0.15, -0.1) is 11.6 Å². The number of carbonyl (C=O) groups is 1. The molecule has 8 heteroatoms. The average molecular weight is 432 g/mol. The topological polar surface area (TPSA) is 68.5 Å². The predicted molar refractivity (Wildman–Crippen MR) is 110 cm³/mol. The summed E-state index contributed by atoms with van der Waals surface area (Å²) in [6, 6.07) is 12.4. The van der Waals surface area contributed by atoms with Crippen molar-refractivity contribution < 1.29 is 14.1 Å². The fourth-order valence-electron chi connectivity index (χ4n) is 3.54. The molecular formula is C21H19Cl2N3O3. The van der Waals surface area contributed by atoms with Crippen LogP contribution >= 0.6 is 23.2 Å². The maximum absolute atomic E-state index is 13.0. The molecule has 4 rings (SSSR count). The number of aromatic nitrogens is 2. The van der Waals surface area contributed by atoms with Gasteiger partial charge in [-0.25, -0.2) is 0 Å². The minimum absolute atomic E-state index is 0.0553. The van der Waals surface area contributed by atoms with Crippen LogP contribution in [0.2, 0.25) is 5.02 Å². The Bertz CT molecular complexity index is 1020. The van der Waals surface area contributed by atoms with Crippen LogP contribution in [0.15, 0.2) is 47.0 Å². The highest BCUT2D eigenvalue weighted by Gasteiger charge is 2.34. The molecule has 0 saturated carbocycles. The van der Waals surface area contributed by atoms with Gasteiger partial charge in [0, 0.05) is 18.0 Å². The van der Waals surface area contributed by atoms with Gasteiger partial charge in [-0.1, -0.05) is 35.0 Å². The van der Waals surface area contributed by atoms with Crippen LogP contribution in [0, 0.1) is 0 Å². The Hall–Kier alpha value is -2.57. The van der Waals surface area contributed by atoms with E-state index in [1.165, 1.54) is 7.11 Å². The average Bonchev–Trinajstić information content (AvgIpc) is 3.42. The number of rotatable bonds is 5. The Balaban J connectivity index is 1.60. The summed E-state index contributed by atoms with van der Waals surface area (Å²) in [5.74, 6) is 1.62. The van der Waals surface area contributed by atoms with E-state index in [-0.39, 0.29) is 11.9 Å². The number of halogens is 2. The molecule has 1 aliphatic rings. The third-order valence-corrected chi connectivity index (χ3v) is 5.62. The lowest BCUT2D eigenvalue weighted by atomic mass is 10.1. The van der Waals surface area contributed by atoms with E-state index in [0.717, 1.165) is 18.4 Å². The molecule has 1 fully saturated rings. The second-order valence-corrected chi connectivity index (χ2v) is 7.44. The largest absolute Gasteiger partial charge is 0.494 e. The number of alkyl halides is 1. The van der Waals surface area contributed by atoms with Crippen LogP contribution in [-0.2, 0) is 5.88 Å². The van der Waals surface area contributed by atoms with E-state index < -0.39 is 0 Å². The Kier molecular flexibility index (Phi) is 5.74. The molecule has 3 aromatic rings. The van der Waals surface area contributed by atoms with Gasteiger partial charge in [-0.2, -0.15) is 4.98 Å². The van der Waals surface area contributed by atoms with Crippen molar-refractivity contribution in [2.45, 2.75) is 24.8 Å². The van der Waals surface area contributed by atoms with Crippen LogP contribution in [0.3, 0.4) is 0 Å². The second-order valence-electron chi connectivity index (χ2n) is 6.77. The van der Waals surface area contributed by atoms with Gasteiger partial charge in [0.15, 0.2) is 5.82 Å². The van der Waals surface area contributed by atoms with Gasteiger partial charge in [0.2, 0.25) is 0 Å². The maximum Gasteiger partial charge on any atom is 0.261 e. The number of benzene rings is 2. The molecule has 1 atom stereocenters. The van der Waals surface area contributed by atoms with Crippen molar-refractivity contribution in [3.63, 3.8) is 0 Å². The number of hydrogen-bond acceptors (Lipinski definition) is 5. The summed E-state index contributed by atoms with van der Waals surface area (Å²) in [4.78, 5) is 19.4. The molecule has 0 N–H and O–H groups in total. The Morgan fingerprint density at radius 1 is 1.28 bits per heavy atom. The fraction of sp³-hybridized carbons (Fsp3) is 0.286. The van der Waals surface area contributed by atoms with E-state index in [1.54, 1.807) is 35.2 Å². The van der Waals surface area contributed by atoms with E-state index in [1.807, 2.05) is 12.1 Å². The lowest BCUT2D eigenvalue weighted by molar-refractivity contribution is 0.0728. The van der Waals surface area contributed by atoms with Gasteiger partial charge in [-0.05, 0) is 42.7 Å². The van der Waals surface area contributed by atoms with Gasteiger partial charge in [0.25, 0.3) is 11.8 Å². The fourth-order valence-corrected chi connectivity index (χ4v) is 3.97. The first kappa shape index (κ1) is 19.7. The molecule has 150 valence electrons. The molecule has 2 heterocycles. The summed E-state index contributed by atoms with van der Waals surface area (Å²) in [6.07, 6.45) is 1.65. The molecule has 6 nitrogen and oxygen atoms in total. The SMILES string of the molecule is COc1c(Cl)cccc1-c1nc([C@@H]2CCCN2C(=O)c2ccc(CCl)cc2)no1. The molecule has 0 bridgehead atoms. The number of carbonyl (C=O) groups excluding carboxylic acids is 1. The highest BCUT2D eigenvalue weighted by molar-refractivity contribution is 6.32. The summed E-state index contributed by atoms with van der Waals surface area (Å²) >= 11 is 12.0. The van der Waals surface area contributed by atoms with E-state index in [0.29, 0.717) is 46.0 Å². The molecule has 29 heavy (non-hydrogen) atoms. The summed E-state index contributed by atoms with van der Waals surface area (Å²) in [5, 5.41) is 4.60. The van der Waals surface area contributed by atoms with Crippen molar-refractivity contribution in [1.29, 1.82) is 0 Å². The van der Waals surface area contributed by atoms with Crippen LogP contribution in [0.5, 0.6) is 5.75 Å². The Morgan fingerprint density at radius 2 is 2.07 bits per heavy atom. The van der Waals surface area contributed by atoms with Crippen molar-refractivity contribution in [2.75, 3.05) is 13.7 Å². The van der Waals surface area contributed by atoms with Crippen LogP contribution in [0.4, 0.5) is 0 Å². The molecule has 0 radical (unpaired) electrons. The normalized spacial score (nSPS) is 16.2. The number of para-hydroxylation sites is 1. The zero-order valence-electron chi connectivity index (χ0n) is 15.8. The molecule has 1 saturated heterocycles. The molecule has 0 spiro atoms. The van der Waals surface area contributed by atoms with Crippen LogP contribution in [0.25, 0.3) is 11.5 Å². The standard InChI is InChI=1S/C21H19Cl2N3O3/c1-28-18-15(4-2-5-16(18)23)20-24-19(25-29-20)17-6-3-11-26(17)21(27)14-9-7-13(12-22)8-10-14/h2,4-5,7-10,17H,3,6,11-12H2,1H3/t17-/m0/s1. The van der Waals surface area contributed by atoms with Crippen LogP contribution in [0.1, 0.15) is 40.6 Å². The van der Waals surface area contributed by atoms with Crippen LogP contribution in [-0.4, -0.2) is 34.6 Å². The monoisotopic (exact) mass is 431 g/mol. The van der Waals surface area contributed by atoms with E-state index in [2.05, 4.69) is 10.1 Å². The summed E-state index contributed by atoms with van der Waals surface area (Å²) in [6.45, 7) is 0.644. The van der Waals surface area contributed by atoms with E-state index in [9.17, 15) is 4.79 Å². The van der Waals surface area contributed by atoms with Gasteiger partial charge in [0.1, 0.15) is 5.75 Å². The maximum atomic E-state index is 13.0. The highest BCUT2D eigenvalue weighted by Crippen LogP contribution is 2.37. The first-order chi connectivity index (χ1) is 14.1. The van der Waals surface area contributed by atoms with Gasteiger partial charge >= 0.3 is 0 Å².